The maximum atomic E-state index is 13.2. The Morgan fingerprint density at radius 3 is 2.85 bits per heavy atom. The summed E-state index contributed by atoms with van der Waals surface area (Å²) in [7, 11) is 1.51. The zero-order valence-corrected chi connectivity index (χ0v) is 19.4. The summed E-state index contributed by atoms with van der Waals surface area (Å²) in [5.74, 6) is 0.736. The Hall–Kier alpha value is -3.20. The Bertz CT molecular complexity index is 1210. The molecule has 9 nitrogen and oxygen atoms in total. The van der Waals surface area contributed by atoms with Crippen molar-refractivity contribution in [3.63, 3.8) is 0 Å². The molecule has 3 aromatic heterocycles. The van der Waals surface area contributed by atoms with Gasteiger partial charge < -0.3 is 19.5 Å². The molecule has 0 spiro atoms. The van der Waals surface area contributed by atoms with Crippen LogP contribution in [0.1, 0.15) is 62.5 Å². The topological polar surface area (TPSA) is 99.9 Å². The van der Waals surface area contributed by atoms with Crippen LogP contribution in [0.25, 0.3) is 5.78 Å². The molecule has 2 atom stereocenters. The molecule has 3 aromatic rings. The normalized spacial score (nSPS) is 24.3. The third-order valence-corrected chi connectivity index (χ3v) is 6.64. The Kier molecular flexibility index (Phi) is 5.23. The van der Waals surface area contributed by atoms with Gasteiger partial charge in [-0.3, -0.25) is 9.20 Å². The number of fused-ring (bicyclic) bond motifs is 3. The lowest BCUT2D eigenvalue weighted by Gasteiger charge is -2.36. The average molecular weight is 452 g/mol. The molecule has 1 aliphatic carbocycles. The number of hydrogen-bond acceptors (Lipinski definition) is 7. The number of methoxy groups -OCH3 is 1. The minimum absolute atomic E-state index is 0.00867. The van der Waals surface area contributed by atoms with E-state index >= 15 is 0 Å². The summed E-state index contributed by atoms with van der Waals surface area (Å²) in [6.45, 7) is 6.72. The van der Waals surface area contributed by atoms with Crippen molar-refractivity contribution >= 4 is 17.4 Å². The first-order chi connectivity index (χ1) is 15.8. The fourth-order valence-electron chi connectivity index (χ4n) is 5.04. The number of anilines is 1. The second-order valence-electron chi connectivity index (χ2n) is 9.48. The molecule has 33 heavy (non-hydrogen) atoms. The summed E-state index contributed by atoms with van der Waals surface area (Å²) in [6, 6.07) is 3.46. The number of carbonyl (C=O) groups is 1. The number of nitrogens with one attached hydrogen (secondary N) is 1. The van der Waals surface area contributed by atoms with Crippen LogP contribution in [0.3, 0.4) is 0 Å². The SMILES string of the molecule is COc1ncccc1NC(=O)c1cn2cc([C@]34CCO[C@](C)(CC3)C4)nc2nc1OC(C)C. The molecule has 5 rings (SSSR count). The number of nitrogens with zero attached hydrogens (tertiary/aromatic N) is 4. The highest BCUT2D eigenvalue weighted by Gasteiger charge is 2.51. The van der Waals surface area contributed by atoms with Crippen molar-refractivity contribution < 1.29 is 19.0 Å². The maximum absolute atomic E-state index is 13.2. The smallest absolute Gasteiger partial charge is 0.262 e. The van der Waals surface area contributed by atoms with Crippen LogP contribution in [0.2, 0.25) is 0 Å². The lowest BCUT2D eigenvalue weighted by molar-refractivity contribution is -0.0601. The Labute approximate surface area is 192 Å². The van der Waals surface area contributed by atoms with Gasteiger partial charge in [0.15, 0.2) is 0 Å². The fraction of sp³-hybridized carbons (Fsp3) is 0.500. The van der Waals surface area contributed by atoms with Gasteiger partial charge in [0.05, 0.1) is 24.5 Å². The van der Waals surface area contributed by atoms with E-state index in [9.17, 15) is 4.79 Å². The molecule has 174 valence electrons. The van der Waals surface area contributed by atoms with Crippen molar-refractivity contribution in [2.75, 3.05) is 19.0 Å². The van der Waals surface area contributed by atoms with E-state index in [0.717, 1.165) is 38.0 Å². The second kappa shape index (κ2) is 7.98. The van der Waals surface area contributed by atoms with E-state index in [4.69, 9.17) is 19.2 Å². The van der Waals surface area contributed by atoms with Crippen LogP contribution in [0.15, 0.2) is 30.7 Å². The van der Waals surface area contributed by atoms with Crippen molar-refractivity contribution in [1.29, 1.82) is 0 Å². The summed E-state index contributed by atoms with van der Waals surface area (Å²) in [4.78, 5) is 26.9. The van der Waals surface area contributed by atoms with Gasteiger partial charge in [-0.15, -0.1) is 0 Å². The van der Waals surface area contributed by atoms with Gasteiger partial charge in [-0.1, -0.05) is 0 Å². The molecular formula is C24H29N5O4. The first-order valence-corrected chi connectivity index (χ1v) is 11.3. The Balaban J connectivity index is 1.53. The number of carbonyl (C=O) groups excluding carboxylic acids is 1. The number of rotatable bonds is 6. The van der Waals surface area contributed by atoms with Gasteiger partial charge in [-0.2, -0.15) is 4.98 Å². The zero-order chi connectivity index (χ0) is 23.2. The van der Waals surface area contributed by atoms with Crippen LogP contribution in [0, 0.1) is 0 Å². The van der Waals surface area contributed by atoms with Crippen LogP contribution in [0.4, 0.5) is 5.69 Å². The van der Waals surface area contributed by atoms with Gasteiger partial charge >= 0.3 is 0 Å². The molecule has 1 N–H and O–H groups in total. The van der Waals surface area contributed by atoms with E-state index < -0.39 is 0 Å². The molecular weight excluding hydrogens is 422 g/mol. The summed E-state index contributed by atoms with van der Waals surface area (Å²) in [6.07, 6.45) is 9.14. The van der Waals surface area contributed by atoms with Crippen molar-refractivity contribution in [3.05, 3.63) is 42.0 Å². The maximum Gasteiger partial charge on any atom is 0.262 e. The molecule has 0 unspecified atom stereocenters. The number of aromatic nitrogens is 4. The predicted molar refractivity (Wildman–Crippen MR) is 122 cm³/mol. The summed E-state index contributed by atoms with van der Waals surface area (Å²) < 4.78 is 19.0. The first kappa shape index (κ1) is 21.6. The van der Waals surface area contributed by atoms with Gasteiger partial charge in [-0.05, 0) is 58.6 Å². The highest BCUT2D eigenvalue weighted by Crippen LogP contribution is 2.52. The first-order valence-electron chi connectivity index (χ1n) is 11.3. The van der Waals surface area contributed by atoms with E-state index in [0.29, 0.717) is 22.9 Å². The van der Waals surface area contributed by atoms with E-state index in [-0.39, 0.29) is 28.9 Å². The van der Waals surface area contributed by atoms with E-state index in [1.807, 2.05) is 24.4 Å². The van der Waals surface area contributed by atoms with Crippen molar-refractivity contribution in [3.8, 4) is 11.8 Å². The van der Waals surface area contributed by atoms with Gasteiger partial charge in [0, 0.05) is 30.6 Å². The van der Waals surface area contributed by atoms with Crippen LogP contribution in [0.5, 0.6) is 11.8 Å². The molecule has 2 fully saturated rings. The van der Waals surface area contributed by atoms with Gasteiger partial charge in [-0.25, -0.2) is 9.97 Å². The second-order valence-corrected chi connectivity index (χ2v) is 9.48. The lowest BCUT2D eigenvalue weighted by atomic mass is 9.77. The summed E-state index contributed by atoms with van der Waals surface area (Å²) in [5.41, 5.74) is 1.70. The fourth-order valence-corrected chi connectivity index (χ4v) is 5.04. The molecule has 0 radical (unpaired) electrons. The molecule has 4 heterocycles. The van der Waals surface area contributed by atoms with Crippen LogP contribution in [-0.4, -0.2) is 50.7 Å². The van der Waals surface area contributed by atoms with E-state index in [2.05, 4.69) is 22.2 Å². The van der Waals surface area contributed by atoms with E-state index in [1.54, 1.807) is 24.5 Å². The van der Waals surface area contributed by atoms with Crippen molar-refractivity contribution in [1.82, 2.24) is 19.4 Å². The van der Waals surface area contributed by atoms with Gasteiger partial charge in [0.1, 0.15) is 11.3 Å². The van der Waals surface area contributed by atoms with Crippen molar-refractivity contribution in [2.24, 2.45) is 0 Å². The largest absolute Gasteiger partial charge is 0.480 e. The molecule has 1 saturated carbocycles. The Morgan fingerprint density at radius 2 is 2.06 bits per heavy atom. The summed E-state index contributed by atoms with van der Waals surface area (Å²) >= 11 is 0. The number of amides is 1. The predicted octanol–water partition coefficient (Wildman–Crippen LogP) is 3.77. The van der Waals surface area contributed by atoms with Gasteiger partial charge in [0.2, 0.25) is 17.5 Å². The monoisotopic (exact) mass is 451 g/mol. The highest BCUT2D eigenvalue weighted by atomic mass is 16.5. The number of imidazole rings is 1. The highest BCUT2D eigenvalue weighted by molar-refractivity contribution is 6.06. The van der Waals surface area contributed by atoms with Crippen LogP contribution >= 0.6 is 0 Å². The zero-order valence-electron chi connectivity index (χ0n) is 19.4. The number of ether oxygens (including phenoxy) is 3. The number of hydrogen-bond donors (Lipinski definition) is 1. The third kappa shape index (κ3) is 3.90. The molecule has 1 aliphatic heterocycles. The Morgan fingerprint density at radius 1 is 1.21 bits per heavy atom. The average Bonchev–Trinajstić information content (AvgIpc) is 3.31. The summed E-state index contributed by atoms with van der Waals surface area (Å²) in [5, 5.41) is 2.86. The lowest BCUT2D eigenvalue weighted by Crippen LogP contribution is -2.37. The molecule has 1 amide bonds. The molecule has 2 aliphatic rings. The number of pyridine rings is 1. The van der Waals surface area contributed by atoms with Crippen molar-refractivity contribution in [2.45, 2.75) is 63.6 Å². The molecule has 1 saturated heterocycles. The van der Waals surface area contributed by atoms with Crippen LogP contribution in [-0.2, 0) is 10.2 Å². The van der Waals surface area contributed by atoms with Gasteiger partial charge in [0.25, 0.3) is 5.91 Å². The minimum Gasteiger partial charge on any atom is -0.480 e. The third-order valence-electron chi connectivity index (χ3n) is 6.64. The molecule has 2 bridgehead atoms. The van der Waals surface area contributed by atoms with E-state index in [1.165, 1.54) is 7.11 Å². The minimum atomic E-state index is -0.362. The molecule has 9 heteroatoms. The quantitative estimate of drug-likeness (QED) is 0.609. The molecule has 0 aromatic carbocycles. The van der Waals surface area contributed by atoms with Crippen LogP contribution < -0.4 is 14.8 Å². The standard InChI is InChI=1S/C24H29N5O4/c1-15(2)33-20-16(19(30)26-17-6-5-10-25-21(17)31-4)12-29-13-18(27-22(29)28-20)24-8-7-23(3,14-24)32-11-9-24/h5-6,10,12-13,15H,7-9,11,14H2,1-4H3,(H,26,30)/t23-,24+/m1/s1.